The lowest BCUT2D eigenvalue weighted by atomic mass is 10.2. The van der Waals surface area contributed by atoms with Gasteiger partial charge in [0.15, 0.2) is 0 Å². The van der Waals surface area contributed by atoms with Gasteiger partial charge in [-0.3, -0.25) is 4.79 Å². The Labute approximate surface area is 123 Å². The van der Waals surface area contributed by atoms with Gasteiger partial charge in [0.1, 0.15) is 4.60 Å². The summed E-state index contributed by atoms with van der Waals surface area (Å²) in [7, 11) is 1.76. The first kappa shape index (κ1) is 13.5. The Morgan fingerprint density at radius 3 is 2.78 bits per heavy atom. The van der Waals surface area contributed by atoms with Crippen molar-refractivity contribution in [3.8, 4) is 0 Å². The molecular formula is C12H10BrClN2OS. The molecule has 0 saturated heterocycles. The Kier molecular flexibility index (Phi) is 4.37. The van der Waals surface area contributed by atoms with Gasteiger partial charge >= 0.3 is 0 Å². The van der Waals surface area contributed by atoms with E-state index in [0.717, 1.165) is 9.21 Å². The van der Waals surface area contributed by atoms with Gasteiger partial charge in [-0.2, -0.15) is 0 Å². The molecule has 0 radical (unpaired) electrons. The number of halogens is 2. The van der Waals surface area contributed by atoms with Crippen LogP contribution in [0.4, 0.5) is 0 Å². The number of hydrogen-bond donors (Lipinski definition) is 0. The van der Waals surface area contributed by atoms with Gasteiger partial charge in [-0.1, -0.05) is 11.6 Å². The first-order valence-electron chi connectivity index (χ1n) is 5.17. The van der Waals surface area contributed by atoms with Crippen LogP contribution in [0.2, 0.25) is 4.34 Å². The van der Waals surface area contributed by atoms with Crippen LogP contribution in [0.15, 0.2) is 35.1 Å². The van der Waals surface area contributed by atoms with E-state index in [1.807, 2.05) is 12.1 Å². The van der Waals surface area contributed by atoms with Gasteiger partial charge in [-0.05, 0) is 40.2 Å². The summed E-state index contributed by atoms with van der Waals surface area (Å²) in [6.45, 7) is 0.548. The lowest BCUT2D eigenvalue weighted by molar-refractivity contribution is 0.0786. The highest BCUT2D eigenvalue weighted by atomic mass is 79.9. The number of pyridine rings is 1. The largest absolute Gasteiger partial charge is 0.337 e. The Bertz CT molecular complexity index is 555. The first-order chi connectivity index (χ1) is 8.56. The van der Waals surface area contributed by atoms with E-state index in [4.69, 9.17) is 11.6 Å². The van der Waals surface area contributed by atoms with Crippen LogP contribution in [0.1, 0.15) is 15.2 Å². The van der Waals surface area contributed by atoms with E-state index in [9.17, 15) is 4.79 Å². The van der Waals surface area contributed by atoms with Gasteiger partial charge < -0.3 is 4.90 Å². The molecule has 0 aliphatic heterocycles. The number of carbonyl (C=O) groups excluding carboxylic acids is 1. The van der Waals surface area contributed by atoms with E-state index >= 15 is 0 Å². The maximum absolute atomic E-state index is 12.1. The smallest absolute Gasteiger partial charge is 0.255 e. The van der Waals surface area contributed by atoms with E-state index in [1.165, 1.54) is 11.3 Å². The van der Waals surface area contributed by atoms with Crippen molar-refractivity contribution in [3.05, 3.63) is 49.8 Å². The monoisotopic (exact) mass is 344 g/mol. The second-order valence-corrected chi connectivity index (χ2v) is 6.35. The number of amides is 1. The lowest BCUT2D eigenvalue weighted by Crippen LogP contribution is -2.25. The predicted molar refractivity (Wildman–Crippen MR) is 77.1 cm³/mol. The second-order valence-electron chi connectivity index (χ2n) is 3.74. The Morgan fingerprint density at radius 1 is 1.44 bits per heavy atom. The molecule has 2 rings (SSSR count). The van der Waals surface area contributed by atoms with Gasteiger partial charge in [0.05, 0.1) is 16.4 Å². The molecule has 94 valence electrons. The SMILES string of the molecule is CN(Cc1ccc(Cl)s1)C(=O)c1ccc(Br)nc1. The average Bonchev–Trinajstić information content (AvgIpc) is 2.75. The number of hydrogen-bond acceptors (Lipinski definition) is 3. The first-order valence-corrected chi connectivity index (χ1v) is 7.16. The Balaban J connectivity index is 2.07. The van der Waals surface area contributed by atoms with Crippen molar-refractivity contribution in [1.29, 1.82) is 0 Å². The zero-order valence-corrected chi connectivity index (χ0v) is 12.7. The van der Waals surface area contributed by atoms with Crippen LogP contribution in [0.25, 0.3) is 0 Å². The highest BCUT2D eigenvalue weighted by Crippen LogP contribution is 2.22. The summed E-state index contributed by atoms with van der Waals surface area (Å²) >= 11 is 10.6. The third-order valence-corrected chi connectivity index (χ3v) is 4.03. The number of rotatable bonds is 3. The molecule has 0 aliphatic carbocycles. The fourth-order valence-corrected chi connectivity index (χ4v) is 2.84. The predicted octanol–water partition coefficient (Wildman–Crippen LogP) is 3.83. The topological polar surface area (TPSA) is 33.2 Å². The molecule has 2 heterocycles. The van der Waals surface area contributed by atoms with Gasteiger partial charge in [0.25, 0.3) is 5.91 Å². The standard InChI is InChI=1S/C12H10BrClN2OS/c1-16(7-9-3-5-11(14)18-9)12(17)8-2-4-10(13)15-6-8/h2-6H,7H2,1H3. The maximum Gasteiger partial charge on any atom is 0.255 e. The molecule has 0 atom stereocenters. The van der Waals surface area contributed by atoms with Crippen LogP contribution >= 0.6 is 38.9 Å². The van der Waals surface area contributed by atoms with Crippen LogP contribution in [0.5, 0.6) is 0 Å². The minimum Gasteiger partial charge on any atom is -0.337 e. The Hall–Kier alpha value is -0.910. The molecule has 0 aromatic carbocycles. The minimum absolute atomic E-state index is 0.0560. The van der Waals surface area contributed by atoms with Crippen molar-refractivity contribution in [2.75, 3.05) is 7.05 Å². The summed E-state index contributed by atoms with van der Waals surface area (Å²) in [5.41, 5.74) is 0.573. The number of carbonyl (C=O) groups is 1. The highest BCUT2D eigenvalue weighted by molar-refractivity contribution is 9.10. The number of thiophene rings is 1. The minimum atomic E-state index is -0.0560. The summed E-state index contributed by atoms with van der Waals surface area (Å²) in [4.78, 5) is 18.9. The van der Waals surface area contributed by atoms with Crippen molar-refractivity contribution in [2.45, 2.75) is 6.54 Å². The van der Waals surface area contributed by atoms with E-state index in [-0.39, 0.29) is 5.91 Å². The van der Waals surface area contributed by atoms with Crippen molar-refractivity contribution in [2.24, 2.45) is 0 Å². The summed E-state index contributed by atoms with van der Waals surface area (Å²) in [6.07, 6.45) is 1.56. The average molecular weight is 346 g/mol. The van der Waals surface area contributed by atoms with E-state index in [0.29, 0.717) is 16.7 Å². The molecule has 0 bridgehead atoms. The quantitative estimate of drug-likeness (QED) is 0.792. The molecular weight excluding hydrogens is 336 g/mol. The fraction of sp³-hybridized carbons (Fsp3) is 0.167. The van der Waals surface area contributed by atoms with Crippen molar-refractivity contribution < 1.29 is 4.79 Å². The Morgan fingerprint density at radius 2 is 2.22 bits per heavy atom. The van der Waals surface area contributed by atoms with Gasteiger partial charge in [-0.25, -0.2) is 4.98 Å². The third kappa shape index (κ3) is 3.31. The van der Waals surface area contributed by atoms with E-state index < -0.39 is 0 Å². The molecule has 1 amide bonds. The number of nitrogens with zero attached hydrogens (tertiary/aromatic N) is 2. The zero-order valence-electron chi connectivity index (χ0n) is 9.56. The molecule has 0 fully saturated rings. The van der Waals surface area contributed by atoms with Crippen LogP contribution in [0, 0.1) is 0 Å². The molecule has 0 N–H and O–H groups in total. The van der Waals surface area contributed by atoms with Crippen LogP contribution in [-0.2, 0) is 6.54 Å². The highest BCUT2D eigenvalue weighted by Gasteiger charge is 2.13. The van der Waals surface area contributed by atoms with E-state index in [1.54, 1.807) is 30.3 Å². The van der Waals surface area contributed by atoms with Crippen molar-refractivity contribution >= 4 is 44.8 Å². The normalized spacial score (nSPS) is 10.4. The van der Waals surface area contributed by atoms with Gasteiger partial charge in [-0.15, -0.1) is 11.3 Å². The summed E-state index contributed by atoms with van der Waals surface area (Å²) < 4.78 is 1.45. The molecule has 6 heteroatoms. The number of aromatic nitrogens is 1. The molecule has 2 aromatic rings. The second kappa shape index (κ2) is 5.82. The van der Waals surface area contributed by atoms with Gasteiger partial charge in [0.2, 0.25) is 0 Å². The van der Waals surface area contributed by atoms with Gasteiger partial charge in [0, 0.05) is 18.1 Å². The van der Waals surface area contributed by atoms with Crippen LogP contribution < -0.4 is 0 Å². The molecule has 0 spiro atoms. The lowest BCUT2D eigenvalue weighted by Gasteiger charge is -2.15. The molecule has 3 nitrogen and oxygen atoms in total. The third-order valence-electron chi connectivity index (χ3n) is 2.34. The van der Waals surface area contributed by atoms with Crippen LogP contribution in [0.3, 0.4) is 0 Å². The molecule has 0 aliphatic rings. The summed E-state index contributed by atoms with van der Waals surface area (Å²) in [6, 6.07) is 7.26. The fourth-order valence-electron chi connectivity index (χ4n) is 1.46. The molecule has 0 saturated carbocycles. The summed E-state index contributed by atoms with van der Waals surface area (Å²) in [5, 5.41) is 0. The summed E-state index contributed by atoms with van der Waals surface area (Å²) in [5.74, 6) is -0.0560. The van der Waals surface area contributed by atoms with Crippen LogP contribution in [-0.4, -0.2) is 22.8 Å². The van der Waals surface area contributed by atoms with E-state index in [2.05, 4.69) is 20.9 Å². The maximum atomic E-state index is 12.1. The molecule has 0 unspecified atom stereocenters. The van der Waals surface area contributed by atoms with Crippen molar-refractivity contribution in [3.63, 3.8) is 0 Å². The molecule has 2 aromatic heterocycles. The molecule has 18 heavy (non-hydrogen) atoms. The zero-order chi connectivity index (χ0) is 13.1. The van der Waals surface area contributed by atoms with Crippen molar-refractivity contribution in [1.82, 2.24) is 9.88 Å².